The van der Waals surface area contributed by atoms with Crippen molar-refractivity contribution in [2.24, 2.45) is 0 Å². The van der Waals surface area contributed by atoms with Crippen LogP contribution in [-0.4, -0.2) is 19.0 Å². The monoisotopic (exact) mass is 261 g/mol. The molecule has 1 aromatic carbocycles. The Bertz CT molecular complexity index is 432. The molecule has 0 aliphatic carbocycles. The van der Waals surface area contributed by atoms with Crippen molar-refractivity contribution in [2.45, 2.75) is 31.7 Å². The molecule has 1 rings (SSSR count). The second-order valence-corrected chi connectivity index (χ2v) is 4.26. The molecule has 0 spiro atoms. The van der Waals surface area contributed by atoms with Gasteiger partial charge < -0.3 is 5.11 Å². The van der Waals surface area contributed by atoms with E-state index in [1.54, 1.807) is 13.8 Å². The number of nitrogens with one attached hydrogen (secondary N) is 1. The maximum Gasteiger partial charge on any atom is 0.416 e. The topological polar surface area (TPSA) is 32.3 Å². The third-order valence-electron chi connectivity index (χ3n) is 2.21. The van der Waals surface area contributed by atoms with Crippen LogP contribution in [0.4, 0.5) is 17.6 Å². The first-order valence-corrected chi connectivity index (χ1v) is 5.20. The highest BCUT2D eigenvalue weighted by Gasteiger charge is 2.34. The zero-order chi connectivity index (χ0) is 14.1. The fourth-order valence-electron chi connectivity index (χ4n) is 1.51. The molecule has 2 N–H and O–H groups in total. The minimum absolute atomic E-state index is 0.339. The van der Waals surface area contributed by atoms with Crippen molar-refractivity contribution in [2.75, 3.05) is 0 Å². The van der Waals surface area contributed by atoms with Crippen LogP contribution in [0.1, 0.15) is 25.0 Å². The molecular weight excluding hydrogens is 249 g/mol. The second kappa shape index (κ2) is 4.89. The molecule has 7 heteroatoms. The highest BCUT2D eigenvalue weighted by Crippen LogP contribution is 2.32. The van der Waals surface area contributed by atoms with Crippen molar-refractivity contribution < 1.29 is 22.7 Å². The summed E-state index contributed by atoms with van der Waals surface area (Å²) < 4.78 is 50.9. The molecule has 1 atom stereocenters. The second-order valence-electron chi connectivity index (χ2n) is 4.26. The van der Waals surface area contributed by atoms with E-state index in [4.69, 9.17) is 7.85 Å². The Morgan fingerprint density at radius 2 is 1.83 bits per heavy atom. The number of halogens is 4. The summed E-state index contributed by atoms with van der Waals surface area (Å²) in [5.74, 6) is -1.01. The smallest absolute Gasteiger partial charge is 0.381 e. The molecule has 0 aliphatic rings. The van der Waals surface area contributed by atoms with E-state index in [1.807, 2.05) is 0 Å². The first-order valence-electron chi connectivity index (χ1n) is 5.20. The number of hydrogen-bond acceptors (Lipinski definition) is 2. The SMILES string of the molecule is [B]C(O)(NC(C)C)c1cc(C(F)(F)F)ccc1F. The van der Waals surface area contributed by atoms with Crippen LogP contribution in [0.15, 0.2) is 18.2 Å². The molecule has 0 aromatic heterocycles. The van der Waals surface area contributed by atoms with Gasteiger partial charge in [0.05, 0.1) is 11.2 Å². The lowest BCUT2D eigenvalue weighted by molar-refractivity contribution is -0.137. The fraction of sp³-hybridized carbons (Fsp3) is 0.455. The van der Waals surface area contributed by atoms with Gasteiger partial charge in [-0.1, -0.05) is 0 Å². The van der Waals surface area contributed by atoms with Crippen molar-refractivity contribution in [3.05, 3.63) is 35.1 Å². The van der Waals surface area contributed by atoms with Gasteiger partial charge in [-0.15, -0.1) is 0 Å². The number of aliphatic hydroxyl groups is 1. The molecule has 0 heterocycles. The van der Waals surface area contributed by atoms with Crippen molar-refractivity contribution in [3.63, 3.8) is 0 Å². The summed E-state index contributed by atoms with van der Waals surface area (Å²) in [5.41, 5.74) is -4.08. The number of hydrogen-bond donors (Lipinski definition) is 2. The highest BCUT2D eigenvalue weighted by atomic mass is 19.4. The van der Waals surface area contributed by atoms with Gasteiger partial charge in [0.2, 0.25) is 0 Å². The summed E-state index contributed by atoms with van der Waals surface area (Å²) in [4.78, 5) is 0. The number of benzene rings is 1. The van der Waals surface area contributed by atoms with Crippen molar-refractivity contribution in [1.82, 2.24) is 5.32 Å². The predicted octanol–water partition coefficient (Wildman–Crippen LogP) is 2.11. The molecule has 0 amide bonds. The lowest BCUT2D eigenvalue weighted by Crippen LogP contribution is -2.47. The first kappa shape index (κ1) is 15.0. The molecule has 0 aliphatic heterocycles. The molecule has 18 heavy (non-hydrogen) atoms. The quantitative estimate of drug-likeness (QED) is 0.496. The highest BCUT2D eigenvalue weighted by molar-refractivity contribution is 6.14. The summed E-state index contributed by atoms with van der Waals surface area (Å²) in [6, 6.07) is 1.36. The Morgan fingerprint density at radius 3 is 2.28 bits per heavy atom. The average molecular weight is 261 g/mol. The van der Waals surface area contributed by atoms with Gasteiger partial charge in [-0.2, -0.15) is 13.2 Å². The molecule has 0 saturated carbocycles. The minimum atomic E-state index is -4.63. The molecule has 0 fully saturated rings. The molecule has 98 valence electrons. The normalized spacial score (nSPS) is 15.8. The Labute approximate surface area is 103 Å². The minimum Gasteiger partial charge on any atom is -0.381 e. The van der Waals surface area contributed by atoms with Gasteiger partial charge >= 0.3 is 6.18 Å². The van der Waals surface area contributed by atoms with Crippen molar-refractivity contribution in [3.8, 4) is 0 Å². The summed E-state index contributed by atoms with van der Waals surface area (Å²) in [5, 5.41) is 12.2. The van der Waals surface area contributed by atoms with Crippen LogP contribution in [0.5, 0.6) is 0 Å². The third kappa shape index (κ3) is 3.46. The average Bonchev–Trinajstić information content (AvgIpc) is 2.13. The van der Waals surface area contributed by atoms with Crippen LogP contribution >= 0.6 is 0 Å². The van der Waals surface area contributed by atoms with Crippen molar-refractivity contribution in [1.29, 1.82) is 0 Å². The van der Waals surface area contributed by atoms with E-state index in [0.717, 1.165) is 0 Å². The Balaban J connectivity index is 3.23. The van der Waals surface area contributed by atoms with E-state index >= 15 is 0 Å². The molecule has 1 aromatic rings. The standard InChI is InChI=1S/C11H12BF4NO/c1-6(2)17-10(12,18)8-5-7(11(14,15)16)3-4-9(8)13/h3-6,17-18H,1-2H3. The van der Waals surface area contributed by atoms with Gasteiger partial charge in [-0.3, -0.25) is 5.32 Å². The maximum atomic E-state index is 13.5. The number of alkyl halides is 3. The largest absolute Gasteiger partial charge is 0.416 e. The van der Waals surface area contributed by atoms with Gasteiger partial charge in [0.15, 0.2) is 0 Å². The predicted molar refractivity (Wildman–Crippen MR) is 59.3 cm³/mol. The zero-order valence-corrected chi connectivity index (χ0v) is 9.85. The van der Waals surface area contributed by atoms with E-state index in [9.17, 15) is 22.7 Å². The van der Waals surface area contributed by atoms with E-state index in [-0.39, 0.29) is 6.04 Å². The third-order valence-corrected chi connectivity index (χ3v) is 2.21. The molecule has 2 radical (unpaired) electrons. The molecule has 0 saturated heterocycles. The van der Waals surface area contributed by atoms with Crippen LogP contribution in [0.25, 0.3) is 0 Å². The lowest BCUT2D eigenvalue weighted by Gasteiger charge is -2.29. The van der Waals surface area contributed by atoms with Crippen LogP contribution in [-0.2, 0) is 11.8 Å². The van der Waals surface area contributed by atoms with Crippen LogP contribution in [0.2, 0.25) is 0 Å². The van der Waals surface area contributed by atoms with E-state index < -0.39 is 28.7 Å². The molecule has 1 unspecified atom stereocenters. The maximum absolute atomic E-state index is 13.5. The van der Waals surface area contributed by atoms with Gasteiger partial charge in [0.25, 0.3) is 0 Å². The van der Waals surface area contributed by atoms with E-state index in [1.165, 1.54) is 0 Å². The number of rotatable bonds is 3. The van der Waals surface area contributed by atoms with Gasteiger partial charge in [-0.05, 0) is 32.0 Å². The molecular formula is C11H12BF4NO. The Kier molecular flexibility index (Phi) is 4.07. The van der Waals surface area contributed by atoms with Crippen LogP contribution < -0.4 is 5.32 Å². The van der Waals surface area contributed by atoms with Gasteiger partial charge in [0.1, 0.15) is 13.7 Å². The Hall–Kier alpha value is -1.08. The molecule has 2 nitrogen and oxygen atoms in total. The molecule has 0 bridgehead atoms. The van der Waals surface area contributed by atoms with Gasteiger partial charge in [-0.25, -0.2) is 4.39 Å². The summed E-state index contributed by atoms with van der Waals surface area (Å²) in [6.07, 6.45) is -4.63. The van der Waals surface area contributed by atoms with Gasteiger partial charge in [0, 0.05) is 11.6 Å². The van der Waals surface area contributed by atoms with Crippen LogP contribution in [0.3, 0.4) is 0 Å². The summed E-state index contributed by atoms with van der Waals surface area (Å²) in [6.45, 7) is 3.23. The fourth-order valence-corrected chi connectivity index (χ4v) is 1.51. The zero-order valence-electron chi connectivity index (χ0n) is 9.85. The van der Waals surface area contributed by atoms with E-state index in [0.29, 0.717) is 18.2 Å². The first-order chi connectivity index (χ1) is 8.04. The summed E-state index contributed by atoms with van der Waals surface area (Å²) in [7, 11) is 5.39. The van der Waals surface area contributed by atoms with Crippen LogP contribution in [0, 0.1) is 5.82 Å². The van der Waals surface area contributed by atoms with E-state index in [2.05, 4.69) is 5.32 Å². The van der Waals surface area contributed by atoms with Crippen molar-refractivity contribution >= 4 is 7.85 Å². The summed E-state index contributed by atoms with van der Waals surface area (Å²) >= 11 is 0. The Morgan fingerprint density at radius 1 is 1.28 bits per heavy atom. The lowest BCUT2D eigenvalue weighted by atomic mass is 9.82.